The van der Waals surface area contributed by atoms with Gasteiger partial charge in [0.25, 0.3) is 0 Å². The van der Waals surface area contributed by atoms with E-state index in [1.807, 2.05) is 0 Å². The molecular formula is C15H29NO. The average molecular weight is 239 g/mol. The van der Waals surface area contributed by atoms with E-state index in [0.29, 0.717) is 5.92 Å². The van der Waals surface area contributed by atoms with Gasteiger partial charge in [-0.1, -0.05) is 32.6 Å². The zero-order valence-corrected chi connectivity index (χ0v) is 11.4. The molecule has 2 nitrogen and oxygen atoms in total. The molecule has 1 saturated heterocycles. The SMILES string of the molecule is CCCC1CCCCN1CC(O)C1CCCC1. The molecule has 100 valence electrons. The third-order valence-corrected chi connectivity index (χ3v) is 4.74. The van der Waals surface area contributed by atoms with Crippen LogP contribution in [-0.2, 0) is 0 Å². The largest absolute Gasteiger partial charge is 0.392 e. The smallest absolute Gasteiger partial charge is 0.0695 e. The molecule has 2 heteroatoms. The van der Waals surface area contributed by atoms with Crippen molar-refractivity contribution >= 4 is 0 Å². The van der Waals surface area contributed by atoms with Crippen LogP contribution in [-0.4, -0.2) is 35.2 Å². The van der Waals surface area contributed by atoms with Crippen LogP contribution in [0.2, 0.25) is 0 Å². The van der Waals surface area contributed by atoms with Crippen LogP contribution in [0.3, 0.4) is 0 Å². The zero-order chi connectivity index (χ0) is 12.1. The standard InChI is InChI=1S/C15H29NO/c1-2-7-14-10-5-6-11-16(14)12-15(17)13-8-3-4-9-13/h13-15,17H,2-12H2,1H3. The van der Waals surface area contributed by atoms with Crippen molar-refractivity contribution in [3.05, 3.63) is 0 Å². The van der Waals surface area contributed by atoms with Crippen LogP contribution in [0.5, 0.6) is 0 Å². The number of nitrogens with zero attached hydrogens (tertiary/aromatic N) is 1. The van der Waals surface area contributed by atoms with Gasteiger partial charge in [-0.3, -0.25) is 4.90 Å². The van der Waals surface area contributed by atoms with E-state index in [1.165, 1.54) is 64.3 Å². The first-order chi connectivity index (χ1) is 8.31. The van der Waals surface area contributed by atoms with Crippen LogP contribution in [0.15, 0.2) is 0 Å². The molecule has 1 N–H and O–H groups in total. The predicted molar refractivity (Wildman–Crippen MR) is 72.1 cm³/mol. The van der Waals surface area contributed by atoms with E-state index in [2.05, 4.69) is 11.8 Å². The average Bonchev–Trinajstić information content (AvgIpc) is 2.85. The van der Waals surface area contributed by atoms with Crippen LogP contribution in [0.4, 0.5) is 0 Å². The van der Waals surface area contributed by atoms with Crippen molar-refractivity contribution in [2.75, 3.05) is 13.1 Å². The van der Waals surface area contributed by atoms with E-state index in [4.69, 9.17) is 0 Å². The van der Waals surface area contributed by atoms with E-state index < -0.39 is 0 Å². The van der Waals surface area contributed by atoms with Gasteiger partial charge in [-0.2, -0.15) is 0 Å². The van der Waals surface area contributed by atoms with Crippen molar-refractivity contribution in [2.24, 2.45) is 5.92 Å². The summed E-state index contributed by atoms with van der Waals surface area (Å²) in [5.41, 5.74) is 0. The van der Waals surface area contributed by atoms with Crippen molar-refractivity contribution in [1.29, 1.82) is 0 Å². The summed E-state index contributed by atoms with van der Waals surface area (Å²) < 4.78 is 0. The number of rotatable bonds is 5. The number of aliphatic hydroxyl groups excluding tert-OH is 1. The van der Waals surface area contributed by atoms with Crippen LogP contribution in [0, 0.1) is 5.92 Å². The van der Waals surface area contributed by atoms with E-state index in [0.717, 1.165) is 12.6 Å². The van der Waals surface area contributed by atoms with Crippen molar-refractivity contribution in [1.82, 2.24) is 4.90 Å². The van der Waals surface area contributed by atoms with Gasteiger partial charge in [0.05, 0.1) is 6.10 Å². The second-order valence-corrected chi connectivity index (χ2v) is 6.05. The van der Waals surface area contributed by atoms with Crippen LogP contribution in [0.25, 0.3) is 0 Å². The van der Waals surface area contributed by atoms with Crippen molar-refractivity contribution in [3.8, 4) is 0 Å². The van der Waals surface area contributed by atoms with Gasteiger partial charge >= 0.3 is 0 Å². The summed E-state index contributed by atoms with van der Waals surface area (Å²) in [6.07, 6.45) is 11.8. The maximum Gasteiger partial charge on any atom is 0.0695 e. The Morgan fingerprint density at radius 1 is 1.12 bits per heavy atom. The molecule has 1 aliphatic heterocycles. The van der Waals surface area contributed by atoms with Gasteiger partial charge in [-0.05, 0) is 44.6 Å². The Labute approximate surface area is 106 Å². The highest BCUT2D eigenvalue weighted by molar-refractivity contribution is 4.82. The number of piperidine rings is 1. The molecule has 2 atom stereocenters. The second kappa shape index (κ2) is 6.75. The number of likely N-dealkylation sites (tertiary alicyclic amines) is 1. The number of hydrogen-bond donors (Lipinski definition) is 1. The molecule has 2 fully saturated rings. The summed E-state index contributed by atoms with van der Waals surface area (Å²) in [6.45, 7) is 4.43. The molecule has 1 saturated carbocycles. The highest BCUT2D eigenvalue weighted by atomic mass is 16.3. The topological polar surface area (TPSA) is 23.5 Å². The first kappa shape index (κ1) is 13.4. The van der Waals surface area contributed by atoms with Crippen LogP contribution >= 0.6 is 0 Å². The minimum Gasteiger partial charge on any atom is -0.392 e. The van der Waals surface area contributed by atoms with Crippen molar-refractivity contribution in [2.45, 2.75) is 76.9 Å². The monoisotopic (exact) mass is 239 g/mol. The maximum atomic E-state index is 10.3. The molecule has 0 amide bonds. The lowest BCUT2D eigenvalue weighted by molar-refractivity contribution is 0.0332. The Balaban J connectivity index is 1.81. The lowest BCUT2D eigenvalue weighted by Gasteiger charge is -2.38. The van der Waals surface area contributed by atoms with Crippen LogP contribution < -0.4 is 0 Å². The fourth-order valence-corrected chi connectivity index (χ4v) is 3.69. The Bertz CT molecular complexity index is 211. The Kier molecular flexibility index (Phi) is 5.30. The molecule has 2 unspecified atom stereocenters. The summed E-state index contributed by atoms with van der Waals surface area (Å²) in [5.74, 6) is 0.596. The van der Waals surface area contributed by atoms with Crippen molar-refractivity contribution in [3.63, 3.8) is 0 Å². The molecule has 0 bridgehead atoms. The van der Waals surface area contributed by atoms with Crippen LogP contribution in [0.1, 0.15) is 64.7 Å². The fourth-order valence-electron chi connectivity index (χ4n) is 3.69. The van der Waals surface area contributed by atoms with E-state index >= 15 is 0 Å². The van der Waals surface area contributed by atoms with Gasteiger partial charge in [0.15, 0.2) is 0 Å². The number of hydrogen-bond acceptors (Lipinski definition) is 2. The summed E-state index contributed by atoms with van der Waals surface area (Å²) in [4.78, 5) is 2.58. The van der Waals surface area contributed by atoms with Gasteiger partial charge in [0, 0.05) is 12.6 Å². The minimum absolute atomic E-state index is 0.0602. The third kappa shape index (κ3) is 3.69. The lowest BCUT2D eigenvalue weighted by Crippen LogP contribution is -2.45. The Morgan fingerprint density at radius 2 is 1.82 bits per heavy atom. The molecular weight excluding hydrogens is 210 g/mol. The summed E-state index contributed by atoms with van der Waals surface area (Å²) in [7, 11) is 0. The molecule has 1 aliphatic carbocycles. The van der Waals surface area contributed by atoms with Gasteiger partial charge in [0.2, 0.25) is 0 Å². The van der Waals surface area contributed by atoms with Gasteiger partial charge in [-0.15, -0.1) is 0 Å². The molecule has 0 aromatic carbocycles. The highest BCUT2D eigenvalue weighted by Crippen LogP contribution is 2.29. The number of β-amino-alcohol motifs (C(OH)–C–C–N with tert-alkyl or cyclic N) is 1. The molecule has 17 heavy (non-hydrogen) atoms. The molecule has 2 aliphatic rings. The molecule has 2 rings (SSSR count). The van der Waals surface area contributed by atoms with Gasteiger partial charge in [-0.25, -0.2) is 0 Å². The molecule has 0 aromatic rings. The van der Waals surface area contributed by atoms with Crippen molar-refractivity contribution < 1.29 is 5.11 Å². The number of aliphatic hydroxyl groups is 1. The molecule has 1 heterocycles. The molecule has 0 spiro atoms. The quantitative estimate of drug-likeness (QED) is 0.796. The second-order valence-electron chi connectivity index (χ2n) is 6.05. The van der Waals surface area contributed by atoms with E-state index in [-0.39, 0.29) is 6.10 Å². The molecule has 0 radical (unpaired) electrons. The highest BCUT2D eigenvalue weighted by Gasteiger charge is 2.28. The lowest BCUT2D eigenvalue weighted by atomic mass is 9.95. The van der Waals surface area contributed by atoms with Gasteiger partial charge < -0.3 is 5.11 Å². The fraction of sp³-hybridized carbons (Fsp3) is 1.00. The normalized spacial score (nSPS) is 29.6. The van der Waals surface area contributed by atoms with E-state index in [9.17, 15) is 5.11 Å². The first-order valence-corrected chi connectivity index (χ1v) is 7.73. The Morgan fingerprint density at radius 3 is 2.53 bits per heavy atom. The third-order valence-electron chi connectivity index (χ3n) is 4.74. The predicted octanol–water partition coefficient (Wildman–Crippen LogP) is 3.19. The maximum absolute atomic E-state index is 10.3. The summed E-state index contributed by atoms with van der Waals surface area (Å²) in [5, 5.41) is 10.3. The van der Waals surface area contributed by atoms with E-state index in [1.54, 1.807) is 0 Å². The summed E-state index contributed by atoms with van der Waals surface area (Å²) >= 11 is 0. The zero-order valence-electron chi connectivity index (χ0n) is 11.4. The summed E-state index contributed by atoms with van der Waals surface area (Å²) in [6, 6.07) is 0.754. The molecule has 0 aromatic heterocycles. The Hall–Kier alpha value is -0.0800. The minimum atomic E-state index is -0.0602. The van der Waals surface area contributed by atoms with Gasteiger partial charge in [0.1, 0.15) is 0 Å². The first-order valence-electron chi connectivity index (χ1n) is 7.73.